The molecule has 0 saturated carbocycles. The fraction of sp³-hybridized carbons (Fsp3) is 0.591. The summed E-state index contributed by atoms with van der Waals surface area (Å²) >= 11 is 0. The van der Waals surface area contributed by atoms with Gasteiger partial charge >= 0.3 is 0 Å². The van der Waals surface area contributed by atoms with Crippen molar-refractivity contribution in [2.45, 2.75) is 44.9 Å². The van der Waals surface area contributed by atoms with Crippen LogP contribution in [0, 0.1) is 6.92 Å². The number of hydrogen-bond donors (Lipinski definition) is 1. The Morgan fingerprint density at radius 2 is 1.97 bits per heavy atom. The molecule has 2 aromatic heterocycles. The van der Waals surface area contributed by atoms with Gasteiger partial charge in [-0.05, 0) is 19.8 Å². The molecule has 1 amide bonds. The van der Waals surface area contributed by atoms with E-state index >= 15 is 0 Å². The number of aromatic nitrogens is 3. The number of hydrogen-bond acceptors (Lipinski definition) is 10. The molecule has 12 heteroatoms. The number of pyridine rings is 1. The van der Waals surface area contributed by atoms with Gasteiger partial charge < -0.3 is 28.7 Å². The van der Waals surface area contributed by atoms with E-state index in [1.165, 1.54) is 0 Å². The van der Waals surface area contributed by atoms with Crippen molar-refractivity contribution in [3.05, 3.63) is 29.7 Å². The Morgan fingerprint density at radius 1 is 1.24 bits per heavy atom. The number of carbonyl (C=O) groups excluding carboxylic acids is 1. The molecule has 186 valence electrons. The van der Waals surface area contributed by atoms with Gasteiger partial charge in [0.05, 0.1) is 39.4 Å². The van der Waals surface area contributed by atoms with E-state index in [0.29, 0.717) is 55.9 Å². The zero-order valence-electron chi connectivity index (χ0n) is 19.7. The number of methoxy groups -OCH3 is 2. The Hall–Kier alpha value is -3.25. The molecule has 4 rings (SSSR count). The summed E-state index contributed by atoms with van der Waals surface area (Å²) in [6, 6.07) is 1.80. The van der Waals surface area contributed by atoms with Crippen molar-refractivity contribution in [1.82, 2.24) is 24.9 Å². The van der Waals surface area contributed by atoms with E-state index in [0.717, 1.165) is 31.6 Å². The number of likely N-dealkylation sites (tertiary alicyclic amines) is 1. The molecule has 2 aliphatic heterocycles. The lowest BCUT2D eigenvalue weighted by atomic mass is 9.90. The molecule has 2 aliphatic rings. The number of amides is 1. The van der Waals surface area contributed by atoms with Gasteiger partial charge in [-0.25, -0.2) is 0 Å². The quantitative estimate of drug-likeness (QED) is 0.601. The van der Waals surface area contributed by atoms with Gasteiger partial charge in [0.1, 0.15) is 12.2 Å². The predicted molar refractivity (Wildman–Crippen MR) is 118 cm³/mol. The maximum Gasteiger partial charge on any atom is 0.290 e. The summed E-state index contributed by atoms with van der Waals surface area (Å²) in [5, 5.41) is 10.7. The fourth-order valence-corrected chi connectivity index (χ4v) is 4.30. The first kappa shape index (κ1) is 25.4. The number of ether oxygens (including phenoxy) is 3. The van der Waals surface area contributed by atoms with E-state index in [-0.39, 0.29) is 18.0 Å². The smallest absolute Gasteiger partial charge is 0.290 e. The van der Waals surface area contributed by atoms with Gasteiger partial charge in [-0.1, -0.05) is 5.16 Å². The van der Waals surface area contributed by atoms with Crippen LogP contribution in [0.4, 0.5) is 0 Å². The summed E-state index contributed by atoms with van der Waals surface area (Å²) in [6.07, 6.45) is 3.75. The van der Waals surface area contributed by atoms with E-state index in [1.54, 1.807) is 38.3 Å². The number of aryl methyl sites for hydroxylation is 1. The highest BCUT2D eigenvalue weighted by Crippen LogP contribution is 2.34. The lowest BCUT2D eigenvalue weighted by molar-refractivity contribution is -0.133. The summed E-state index contributed by atoms with van der Waals surface area (Å²) in [4.78, 5) is 33.8. The maximum atomic E-state index is 12.6. The van der Waals surface area contributed by atoms with E-state index in [2.05, 4.69) is 20.0 Å². The van der Waals surface area contributed by atoms with E-state index in [9.17, 15) is 4.79 Å². The summed E-state index contributed by atoms with van der Waals surface area (Å²) < 4.78 is 22.4. The molecular formula is C22H31N5O7. The average Bonchev–Trinajstić information content (AvgIpc) is 3.18. The van der Waals surface area contributed by atoms with Crippen LogP contribution in [0.3, 0.4) is 0 Å². The molecule has 2 saturated heterocycles. The zero-order chi connectivity index (χ0) is 24.6. The van der Waals surface area contributed by atoms with Crippen LogP contribution in [0.15, 0.2) is 16.8 Å². The normalized spacial score (nSPS) is 18.1. The summed E-state index contributed by atoms with van der Waals surface area (Å²) in [6.45, 7) is 5.14. The van der Waals surface area contributed by atoms with Gasteiger partial charge in [0.2, 0.25) is 11.8 Å². The second kappa shape index (κ2) is 11.7. The van der Waals surface area contributed by atoms with Gasteiger partial charge in [0, 0.05) is 31.9 Å². The lowest BCUT2D eigenvalue weighted by Gasteiger charge is -2.42. The van der Waals surface area contributed by atoms with E-state index in [4.69, 9.17) is 28.6 Å². The molecule has 1 spiro atoms. The van der Waals surface area contributed by atoms with Gasteiger partial charge in [-0.15, -0.1) is 0 Å². The summed E-state index contributed by atoms with van der Waals surface area (Å²) in [5.74, 6) is 2.43. The Labute approximate surface area is 197 Å². The molecule has 0 unspecified atom stereocenters. The first-order chi connectivity index (χ1) is 16.4. The average molecular weight is 478 g/mol. The van der Waals surface area contributed by atoms with Crippen molar-refractivity contribution in [2.24, 2.45) is 0 Å². The molecule has 0 radical (unpaired) electrons. The molecule has 1 N–H and O–H groups in total. The summed E-state index contributed by atoms with van der Waals surface area (Å²) in [5.41, 5.74) is 0.493. The van der Waals surface area contributed by atoms with Crippen molar-refractivity contribution >= 4 is 12.4 Å². The van der Waals surface area contributed by atoms with E-state index in [1.807, 2.05) is 0 Å². The topological polar surface area (TPSA) is 140 Å². The Balaban J connectivity index is 0.00000103. The third-order valence-corrected chi connectivity index (χ3v) is 5.96. The van der Waals surface area contributed by atoms with Crippen LogP contribution in [0.5, 0.6) is 11.5 Å². The zero-order valence-corrected chi connectivity index (χ0v) is 19.7. The van der Waals surface area contributed by atoms with Crippen LogP contribution >= 0.6 is 0 Å². The Morgan fingerprint density at radius 3 is 2.59 bits per heavy atom. The Kier molecular flexibility index (Phi) is 8.77. The lowest BCUT2D eigenvalue weighted by Crippen LogP contribution is -2.51. The molecule has 2 aromatic rings. The molecule has 4 heterocycles. The second-order valence-electron chi connectivity index (χ2n) is 8.14. The van der Waals surface area contributed by atoms with Gasteiger partial charge in [-0.2, -0.15) is 4.98 Å². The molecule has 34 heavy (non-hydrogen) atoms. The third-order valence-electron chi connectivity index (χ3n) is 5.96. The standard InChI is InChI=1S/C21H29N5O5.CH2O2/c1-15-23-18(31-24-15)13-26-14-21(30-11-5-19(26)27)6-9-25(10-7-21)12-16-20(29-3)17(28-2)4-8-22-16;2-1-3/h4,8H,5-7,9-14H2,1-3H3;1H,(H,2,3). The highest BCUT2D eigenvalue weighted by atomic mass is 16.5. The molecule has 0 aliphatic carbocycles. The summed E-state index contributed by atoms with van der Waals surface area (Å²) in [7, 11) is 3.25. The molecular weight excluding hydrogens is 446 g/mol. The molecule has 0 bridgehead atoms. The number of piperidine rings is 1. The van der Waals surface area contributed by atoms with Crippen LogP contribution in [0.2, 0.25) is 0 Å². The van der Waals surface area contributed by atoms with Crippen LogP contribution in [0.25, 0.3) is 0 Å². The minimum Gasteiger partial charge on any atom is -0.493 e. The van der Waals surface area contributed by atoms with Gasteiger partial charge in [0.25, 0.3) is 6.47 Å². The largest absolute Gasteiger partial charge is 0.493 e. The highest BCUT2D eigenvalue weighted by Gasteiger charge is 2.41. The van der Waals surface area contributed by atoms with Crippen LogP contribution < -0.4 is 9.47 Å². The monoisotopic (exact) mass is 477 g/mol. The number of carbonyl (C=O) groups is 2. The number of rotatable bonds is 6. The third kappa shape index (κ3) is 6.20. The van der Waals surface area contributed by atoms with Crippen molar-refractivity contribution in [1.29, 1.82) is 0 Å². The van der Waals surface area contributed by atoms with E-state index < -0.39 is 0 Å². The highest BCUT2D eigenvalue weighted by molar-refractivity contribution is 5.76. The van der Waals surface area contributed by atoms with Crippen LogP contribution in [-0.4, -0.2) is 88.5 Å². The molecule has 0 aromatic carbocycles. The number of nitrogens with zero attached hydrogens (tertiary/aromatic N) is 5. The minimum atomic E-state index is -0.358. The molecule has 12 nitrogen and oxygen atoms in total. The second-order valence-corrected chi connectivity index (χ2v) is 8.14. The van der Waals surface area contributed by atoms with Crippen LogP contribution in [0.1, 0.15) is 36.7 Å². The van der Waals surface area contributed by atoms with Crippen molar-refractivity contribution in [3.8, 4) is 11.5 Å². The maximum absolute atomic E-state index is 12.6. The fourth-order valence-electron chi connectivity index (χ4n) is 4.30. The minimum absolute atomic E-state index is 0.0560. The number of carboxylic acid groups (broad SMARTS) is 1. The van der Waals surface area contributed by atoms with Crippen molar-refractivity contribution < 1.29 is 33.4 Å². The van der Waals surface area contributed by atoms with Crippen LogP contribution in [-0.2, 0) is 27.4 Å². The Bertz CT molecular complexity index is 959. The van der Waals surface area contributed by atoms with Crippen molar-refractivity contribution in [2.75, 3.05) is 40.5 Å². The molecule has 2 fully saturated rings. The van der Waals surface area contributed by atoms with Gasteiger partial charge in [-0.3, -0.25) is 19.5 Å². The molecule has 0 atom stereocenters. The SMILES string of the molecule is COc1ccnc(CN2CCC3(CC2)CN(Cc2nc(C)no2)C(=O)CCO3)c1OC.O=CO. The predicted octanol–water partition coefficient (Wildman–Crippen LogP) is 1.27. The first-order valence-corrected chi connectivity index (χ1v) is 11.0. The van der Waals surface area contributed by atoms with Gasteiger partial charge in [0.15, 0.2) is 17.3 Å². The first-order valence-electron chi connectivity index (χ1n) is 11.0. The van der Waals surface area contributed by atoms with Crippen molar-refractivity contribution in [3.63, 3.8) is 0 Å².